The predicted octanol–water partition coefficient (Wildman–Crippen LogP) is 3.79. The normalized spacial score (nSPS) is 12.7. The molecule has 0 spiro atoms. The predicted molar refractivity (Wildman–Crippen MR) is 125 cm³/mol. The van der Waals surface area contributed by atoms with E-state index in [1.165, 1.54) is 14.8 Å². The molecule has 146 valence electrons. The molecule has 0 aliphatic rings. The zero-order chi connectivity index (χ0) is 18.1. The van der Waals surface area contributed by atoms with E-state index in [2.05, 4.69) is 66.0 Å². The van der Waals surface area contributed by atoms with E-state index in [9.17, 15) is 0 Å². The summed E-state index contributed by atoms with van der Waals surface area (Å²) in [6.45, 7) is 6.69. The first-order valence-corrected chi connectivity index (χ1v) is 10.5. The molecule has 2 aromatic rings. The zero-order valence-electron chi connectivity index (χ0n) is 16.0. The van der Waals surface area contributed by atoms with Crippen molar-refractivity contribution in [2.45, 2.75) is 32.7 Å². The van der Waals surface area contributed by atoms with Crippen molar-refractivity contribution >= 4 is 52.6 Å². The van der Waals surface area contributed by atoms with Gasteiger partial charge in [0.1, 0.15) is 0 Å². The summed E-state index contributed by atoms with van der Waals surface area (Å²) in [6, 6.07) is 4.59. The summed E-state index contributed by atoms with van der Waals surface area (Å²) in [7, 11) is 4.21. The minimum Gasteiger partial charge on any atom is -0.357 e. The highest BCUT2D eigenvalue weighted by Gasteiger charge is 2.14. The van der Waals surface area contributed by atoms with Gasteiger partial charge >= 0.3 is 0 Å². The average molecular weight is 508 g/mol. The lowest BCUT2D eigenvalue weighted by Crippen LogP contribution is -2.39. The lowest BCUT2D eigenvalue weighted by atomic mass is 10.2. The molecule has 0 fully saturated rings. The van der Waals surface area contributed by atoms with Gasteiger partial charge in [-0.25, -0.2) is 4.98 Å². The number of nitrogens with one attached hydrogen (secondary N) is 2. The lowest BCUT2D eigenvalue weighted by molar-refractivity contribution is 0.310. The second-order valence-corrected chi connectivity index (χ2v) is 8.14. The molecule has 0 radical (unpaired) electrons. The summed E-state index contributed by atoms with van der Waals surface area (Å²) >= 11 is 3.59. The van der Waals surface area contributed by atoms with Crippen LogP contribution in [0.3, 0.4) is 0 Å². The molecular weight excluding hydrogens is 477 g/mol. The standard InChI is InChI=1S/C18H29N5S2.HI/c1-5-14-12-21-17(25-14)9-10-20-18(19-6-2)22-13-15(23(3)4)16-8-7-11-24-16;/h7-8,11-12,15H,5-6,9-10,13H2,1-4H3,(H2,19,20,22);1H. The zero-order valence-corrected chi connectivity index (χ0v) is 20.0. The molecule has 8 heteroatoms. The Bertz CT molecular complexity index is 640. The maximum absolute atomic E-state index is 4.79. The van der Waals surface area contributed by atoms with Crippen LogP contribution in [0, 0.1) is 0 Å². The summed E-state index contributed by atoms with van der Waals surface area (Å²) in [6.07, 6.45) is 3.98. The van der Waals surface area contributed by atoms with Crippen molar-refractivity contribution in [2.75, 3.05) is 33.7 Å². The van der Waals surface area contributed by atoms with E-state index in [0.717, 1.165) is 38.4 Å². The number of rotatable bonds is 9. The number of hydrogen-bond donors (Lipinski definition) is 2. The van der Waals surface area contributed by atoms with Crippen LogP contribution >= 0.6 is 46.7 Å². The van der Waals surface area contributed by atoms with Gasteiger partial charge < -0.3 is 15.5 Å². The summed E-state index contributed by atoms with van der Waals surface area (Å²) < 4.78 is 0. The number of aliphatic imine (C=N–C) groups is 1. The highest BCUT2D eigenvalue weighted by atomic mass is 127. The van der Waals surface area contributed by atoms with Gasteiger partial charge in [0.25, 0.3) is 0 Å². The van der Waals surface area contributed by atoms with Crippen molar-refractivity contribution in [3.8, 4) is 0 Å². The first-order valence-electron chi connectivity index (χ1n) is 8.79. The van der Waals surface area contributed by atoms with Crippen molar-refractivity contribution in [2.24, 2.45) is 4.99 Å². The van der Waals surface area contributed by atoms with Crippen LogP contribution in [0.4, 0.5) is 0 Å². The second-order valence-electron chi connectivity index (χ2n) is 5.97. The van der Waals surface area contributed by atoms with Gasteiger partial charge in [-0.1, -0.05) is 13.0 Å². The summed E-state index contributed by atoms with van der Waals surface area (Å²) in [4.78, 5) is 14.2. The van der Waals surface area contributed by atoms with Gasteiger partial charge in [-0.3, -0.25) is 4.99 Å². The minimum atomic E-state index is 0. The molecule has 0 aliphatic heterocycles. The third kappa shape index (κ3) is 7.50. The Morgan fingerprint density at radius 1 is 1.31 bits per heavy atom. The highest BCUT2D eigenvalue weighted by molar-refractivity contribution is 14.0. The van der Waals surface area contributed by atoms with Gasteiger partial charge in [0.2, 0.25) is 0 Å². The molecule has 0 aliphatic carbocycles. The molecule has 0 amide bonds. The van der Waals surface area contributed by atoms with E-state index in [1.807, 2.05) is 6.20 Å². The number of thiophene rings is 1. The van der Waals surface area contributed by atoms with E-state index in [0.29, 0.717) is 6.04 Å². The maximum atomic E-state index is 4.79. The third-order valence-corrected chi connectivity index (χ3v) is 6.02. The maximum Gasteiger partial charge on any atom is 0.191 e. The van der Waals surface area contributed by atoms with Crippen molar-refractivity contribution < 1.29 is 0 Å². The number of guanidine groups is 1. The van der Waals surface area contributed by atoms with Crippen LogP contribution in [0.2, 0.25) is 0 Å². The number of likely N-dealkylation sites (N-methyl/N-ethyl adjacent to an activating group) is 1. The molecule has 5 nitrogen and oxygen atoms in total. The smallest absolute Gasteiger partial charge is 0.191 e. The number of aromatic nitrogens is 1. The molecule has 1 atom stereocenters. The number of halogens is 1. The van der Waals surface area contributed by atoms with Crippen molar-refractivity contribution in [1.29, 1.82) is 0 Å². The molecule has 2 aromatic heterocycles. The second kappa shape index (κ2) is 12.6. The first kappa shape index (κ1) is 23.3. The average Bonchev–Trinajstić information content (AvgIpc) is 3.26. The Labute approximate surface area is 182 Å². The number of hydrogen-bond acceptors (Lipinski definition) is 5. The van der Waals surface area contributed by atoms with Crippen LogP contribution in [0.15, 0.2) is 28.7 Å². The molecule has 2 N–H and O–H groups in total. The fourth-order valence-electron chi connectivity index (χ4n) is 2.42. The molecule has 0 saturated carbocycles. The van der Waals surface area contributed by atoms with E-state index in [4.69, 9.17) is 4.99 Å². The Hall–Kier alpha value is -0.710. The molecule has 2 rings (SSSR count). The van der Waals surface area contributed by atoms with E-state index >= 15 is 0 Å². The topological polar surface area (TPSA) is 52.6 Å². The van der Waals surface area contributed by atoms with Crippen molar-refractivity contribution in [1.82, 2.24) is 20.5 Å². The van der Waals surface area contributed by atoms with E-state index in [1.54, 1.807) is 22.7 Å². The van der Waals surface area contributed by atoms with Gasteiger partial charge in [-0.2, -0.15) is 0 Å². The van der Waals surface area contributed by atoms with Crippen molar-refractivity contribution in [3.05, 3.63) is 38.5 Å². The Kier molecular flexibility index (Phi) is 11.3. The molecule has 0 bridgehead atoms. The summed E-state index contributed by atoms with van der Waals surface area (Å²) in [5.41, 5.74) is 0. The largest absolute Gasteiger partial charge is 0.357 e. The van der Waals surface area contributed by atoms with Crippen LogP contribution in [-0.4, -0.2) is 49.6 Å². The van der Waals surface area contributed by atoms with Gasteiger partial charge in [-0.05, 0) is 38.9 Å². The fourth-order valence-corrected chi connectivity index (χ4v) is 4.20. The molecule has 1 unspecified atom stereocenters. The molecule has 0 aromatic carbocycles. The minimum absolute atomic E-state index is 0. The van der Waals surface area contributed by atoms with Crippen LogP contribution in [0.5, 0.6) is 0 Å². The number of nitrogens with zero attached hydrogens (tertiary/aromatic N) is 3. The molecule has 2 heterocycles. The van der Waals surface area contributed by atoms with Crippen LogP contribution in [0.25, 0.3) is 0 Å². The van der Waals surface area contributed by atoms with Crippen LogP contribution in [0.1, 0.15) is 34.7 Å². The number of thiazole rings is 1. The van der Waals surface area contributed by atoms with Gasteiger partial charge in [-0.15, -0.1) is 46.7 Å². The van der Waals surface area contributed by atoms with E-state index in [-0.39, 0.29) is 24.0 Å². The van der Waals surface area contributed by atoms with Crippen LogP contribution < -0.4 is 10.6 Å². The summed E-state index contributed by atoms with van der Waals surface area (Å²) in [5, 5.41) is 10.1. The Morgan fingerprint density at radius 2 is 2.12 bits per heavy atom. The fraction of sp³-hybridized carbons (Fsp3) is 0.556. The SMILES string of the molecule is CCNC(=NCC(c1cccs1)N(C)C)NCCc1ncc(CC)s1.I. The quantitative estimate of drug-likeness (QED) is 0.308. The number of aryl methyl sites for hydroxylation is 1. The summed E-state index contributed by atoms with van der Waals surface area (Å²) in [5.74, 6) is 0.873. The van der Waals surface area contributed by atoms with Gasteiger partial charge in [0.05, 0.1) is 17.6 Å². The Balaban J connectivity index is 0.00000338. The molecule has 26 heavy (non-hydrogen) atoms. The Morgan fingerprint density at radius 3 is 2.69 bits per heavy atom. The van der Waals surface area contributed by atoms with Gasteiger partial charge in [0, 0.05) is 35.5 Å². The highest BCUT2D eigenvalue weighted by Crippen LogP contribution is 2.23. The third-order valence-electron chi connectivity index (χ3n) is 3.84. The van der Waals surface area contributed by atoms with Gasteiger partial charge in [0.15, 0.2) is 5.96 Å². The van der Waals surface area contributed by atoms with Crippen LogP contribution in [-0.2, 0) is 12.8 Å². The van der Waals surface area contributed by atoms with E-state index < -0.39 is 0 Å². The monoisotopic (exact) mass is 507 g/mol. The molecule has 0 saturated heterocycles. The molecular formula is C18H30IN5S2. The lowest BCUT2D eigenvalue weighted by Gasteiger charge is -2.22. The van der Waals surface area contributed by atoms with Crippen molar-refractivity contribution in [3.63, 3.8) is 0 Å². The first-order chi connectivity index (χ1) is 12.1.